The monoisotopic (exact) mass is 367 g/mol. The zero-order valence-electron chi connectivity index (χ0n) is 15.3. The summed E-state index contributed by atoms with van der Waals surface area (Å²) in [5.74, 6) is 1.58. The average molecular weight is 367 g/mol. The molecule has 8 heteroatoms. The Hall–Kier alpha value is -3.16. The number of hydrogen-bond acceptors (Lipinski definition) is 6. The molecule has 4 rings (SSSR count). The normalized spacial score (nSPS) is 14.2. The fourth-order valence-electron chi connectivity index (χ4n) is 3.08. The van der Waals surface area contributed by atoms with Crippen molar-refractivity contribution in [2.24, 2.45) is 0 Å². The van der Waals surface area contributed by atoms with E-state index in [0.717, 1.165) is 22.7 Å². The van der Waals surface area contributed by atoms with E-state index in [-0.39, 0.29) is 11.9 Å². The van der Waals surface area contributed by atoms with Crippen LogP contribution in [0, 0.1) is 13.8 Å². The number of carbonyl (C=O) groups excluding carboxylic acids is 1. The second-order valence-corrected chi connectivity index (χ2v) is 6.72. The molecule has 8 nitrogen and oxygen atoms in total. The Morgan fingerprint density at radius 1 is 1.26 bits per heavy atom. The third kappa shape index (κ3) is 3.69. The van der Waals surface area contributed by atoms with Crippen molar-refractivity contribution in [3.63, 3.8) is 0 Å². The van der Waals surface area contributed by atoms with E-state index < -0.39 is 0 Å². The molecule has 2 aromatic heterocycles. The molecule has 0 atom stereocenters. The highest BCUT2D eigenvalue weighted by atomic mass is 16.5. The molecule has 27 heavy (non-hydrogen) atoms. The van der Waals surface area contributed by atoms with Crippen molar-refractivity contribution in [3.8, 4) is 5.75 Å². The minimum Gasteiger partial charge on any atom is -0.487 e. The first-order valence-electron chi connectivity index (χ1n) is 8.88. The van der Waals surface area contributed by atoms with E-state index in [9.17, 15) is 4.79 Å². The van der Waals surface area contributed by atoms with Gasteiger partial charge in [0.15, 0.2) is 0 Å². The number of benzene rings is 1. The summed E-state index contributed by atoms with van der Waals surface area (Å²) in [6, 6.07) is 9.75. The van der Waals surface area contributed by atoms with E-state index >= 15 is 0 Å². The van der Waals surface area contributed by atoms with Gasteiger partial charge in [0, 0.05) is 18.7 Å². The number of para-hydroxylation sites is 1. The van der Waals surface area contributed by atoms with Crippen LogP contribution in [-0.2, 0) is 17.8 Å². The van der Waals surface area contributed by atoms with Gasteiger partial charge in [0.1, 0.15) is 23.8 Å². The van der Waals surface area contributed by atoms with Crippen LogP contribution in [0.15, 0.2) is 41.1 Å². The lowest BCUT2D eigenvalue weighted by Gasteiger charge is -2.38. The highest BCUT2D eigenvalue weighted by Crippen LogP contribution is 2.23. The predicted octanol–water partition coefficient (Wildman–Crippen LogP) is 2.09. The van der Waals surface area contributed by atoms with Crippen LogP contribution in [-0.4, -0.2) is 44.0 Å². The summed E-state index contributed by atoms with van der Waals surface area (Å²) in [5, 5.41) is 12.2. The van der Waals surface area contributed by atoms with Gasteiger partial charge in [-0.05, 0) is 26.0 Å². The molecule has 0 aliphatic carbocycles. The van der Waals surface area contributed by atoms with Crippen molar-refractivity contribution in [1.82, 2.24) is 25.1 Å². The molecule has 0 bridgehead atoms. The Morgan fingerprint density at radius 3 is 2.74 bits per heavy atom. The Morgan fingerprint density at radius 2 is 2.04 bits per heavy atom. The van der Waals surface area contributed by atoms with Crippen LogP contribution in [0.3, 0.4) is 0 Å². The second-order valence-electron chi connectivity index (χ2n) is 6.72. The first-order valence-corrected chi connectivity index (χ1v) is 8.88. The number of nitrogens with zero attached hydrogens (tertiary/aromatic N) is 5. The van der Waals surface area contributed by atoms with Crippen molar-refractivity contribution in [2.75, 3.05) is 13.1 Å². The molecule has 0 saturated carbocycles. The SMILES string of the molecule is Cc1noc(C)c1CC(=O)N1CC(n2cc(COc3ccccc3)nn2)C1. The molecule has 3 heterocycles. The van der Waals surface area contributed by atoms with Gasteiger partial charge in [0.2, 0.25) is 5.91 Å². The standard InChI is InChI=1S/C19H21N5O3/c1-13-18(14(2)27-21-13)8-19(25)23-10-16(11-23)24-9-15(20-22-24)12-26-17-6-4-3-5-7-17/h3-7,9,16H,8,10-12H2,1-2H3. The van der Waals surface area contributed by atoms with Gasteiger partial charge in [-0.3, -0.25) is 4.79 Å². The topological polar surface area (TPSA) is 86.3 Å². The number of rotatable bonds is 6. The number of amides is 1. The predicted molar refractivity (Wildman–Crippen MR) is 96.1 cm³/mol. The molecule has 0 N–H and O–H groups in total. The van der Waals surface area contributed by atoms with Gasteiger partial charge in [-0.1, -0.05) is 28.6 Å². The number of hydrogen-bond donors (Lipinski definition) is 0. The zero-order valence-corrected chi connectivity index (χ0v) is 15.3. The van der Waals surface area contributed by atoms with Gasteiger partial charge >= 0.3 is 0 Å². The largest absolute Gasteiger partial charge is 0.487 e. The summed E-state index contributed by atoms with van der Waals surface area (Å²) >= 11 is 0. The van der Waals surface area contributed by atoms with E-state index in [2.05, 4.69) is 15.5 Å². The Labute approximate surface area is 156 Å². The molecule has 0 radical (unpaired) electrons. The van der Waals surface area contributed by atoms with Crippen LogP contribution in [0.1, 0.15) is 28.8 Å². The quantitative estimate of drug-likeness (QED) is 0.663. The smallest absolute Gasteiger partial charge is 0.227 e. The van der Waals surface area contributed by atoms with E-state index in [1.807, 2.05) is 60.0 Å². The molecular weight excluding hydrogens is 346 g/mol. The summed E-state index contributed by atoms with van der Waals surface area (Å²) in [4.78, 5) is 14.2. The number of aryl methyl sites for hydroxylation is 2. The van der Waals surface area contributed by atoms with Gasteiger partial charge in [0.05, 0.1) is 24.4 Å². The Bertz CT molecular complexity index is 908. The number of aromatic nitrogens is 4. The summed E-state index contributed by atoms with van der Waals surface area (Å²) in [5.41, 5.74) is 2.42. The van der Waals surface area contributed by atoms with Crippen molar-refractivity contribution in [2.45, 2.75) is 32.9 Å². The van der Waals surface area contributed by atoms with Crippen LogP contribution in [0.4, 0.5) is 0 Å². The first kappa shape index (κ1) is 17.3. The maximum absolute atomic E-state index is 12.4. The lowest BCUT2D eigenvalue weighted by molar-refractivity contribution is -0.136. The third-order valence-electron chi connectivity index (χ3n) is 4.79. The Balaban J connectivity index is 1.28. The molecule has 0 unspecified atom stereocenters. The molecule has 1 amide bonds. The first-order chi connectivity index (χ1) is 13.1. The van der Waals surface area contributed by atoms with E-state index in [4.69, 9.17) is 9.26 Å². The highest BCUT2D eigenvalue weighted by Gasteiger charge is 2.33. The fourth-order valence-corrected chi connectivity index (χ4v) is 3.08. The lowest BCUT2D eigenvalue weighted by atomic mass is 10.1. The van der Waals surface area contributed by atoms with Crippen LogP contribution in [0.25, 0.3) is 0 Å². The molecular formula is C19H21N5O3. The van der Waals surface area contributed by atoms with Crippen molar-refractivity contribution < 1.29 is 14.1 Å². The Kier molecular flexibility index (Phi) is 4.62. The third-order valence-corrected chi connectivity index (χ3v) is 4.79. The number of carbonyl (C=O) groups is 1. The van der Waals surface area contributed by atoms with Crippen LogP contribution in [0.2, 0.25) is 0 Å². The lowest BCUT2D eigenvalue weighted by Crippen LogP contribution is -2.51. The molecule has 1 aliphatic rings. The van der Waals surface area contributed by atoms with Crippen molar-refractivity contribution in [1.29, 1.82) is 0 Å². The molecule has 1 saturated heterocycles. The van der Waals surface area contributed by atoms with Gasteiger partial charge in [0.25, 0.3) is 0 Å². The van der Waals surface area contributed by atoms with Crippen LogP contribution >= 0.6 is 0 Å². The molecule has 1 aromatic carbocycles. The minimum absolute atomic E-state index is 0.0772. The van der Waals surface area contributed by atoms with Crippen LogP contribution in [0.5, 0.6) is 5.75 Å². The molecule has 1 aliphatic heterocycles. The van der Waals surface area contributed by atoms with E-state index in [0.29, 0.717) is 31.9 Å². The molecule has 0 spiro atoms. The van der Waals surface area contributed by atoms with Gasteiger partial charge in [-0.25, -0.2) is 4.68 Å². The van der Waals surface area contributed by atoms with Crippen LogP contribution < -0.4 is 4.74 Å². The fraction of sp³-hybridized carbons (Fsp3) is 0.368. The summed E-state index contributed by atoms with van der Waals surface area (Å²) < 4.78 is 12.6. The molecule has 140 valence electrons. The minimum atomic E-state index is 0.0772. The summed E-state index contributed by atoms with van der Waals surface area (Å²) in [7, 11) is 0. The van der Waals surface area contributed by atoms with Gasteiger partial charge in [-0.15, -0.1) is 5.10 Å². The second kappa shape index (κ2) is 7.22. The van der Waals surface area contributed by atoms with Gasteiger partial charge in [-0.2, -0.15) is 0 Å². The maximum Gasteiger partial charge on any atom is 0.227 e. The zero-order chi connectivity index (χ0) is 18.8. The number of ether oxygens (including phenoxy) is 1. The molecule has 3 aromatic rings. The van der Waals surface area contributed by atoms with E-state index in [1.165, 1.54) is 0 Å². The summed E-state index contributed by atoms with van der Waals surface area (Å²) in [6.07, 6.45) is 2.20. The maximum atomic E-state index is 12.4. The molecule has 1 fully saturated rings. The van der Waals surface area contributed by atoms with Crippen molar-refractivity contribution in [3.05, 3.63) is 59.2 Å². The summed E-state index contributed by atoms with van der Waals surface area (Å²) in [6.45, 7) is 5.31. The number of likely N-dealkylation sites (tertiary alicyclic amines) is 1. The highest BCUT2D eigenvalue weighted by molar-refractivity contribution is 5.80. The van der Waals surface area contributed by atoms with Gasteiger partial charge < -0.3 is 14.2 Å². The average Bonchev–Trinajstić information content (AvgIpc) is 3.22. The van der Waals surface area contributed by atoms with Crippen molar-refractivity contribution >= 4 is 5.91 Å². The van der Waals surface area contributed by atoms with E-state index in [1.54, 1.807) is 0 Å².